The van der Waals surface area contributed by atoms with Crippen molar-refractivity contribution in [1.29, 1.82) is 0 Å². The largest absolute Gasteiger partial charge is 0.496 e. The van der Waals surface area contributed by atoms with E-state index in [4.69, 9.17) is 21.1 Å². The van der Waals surface area contributed by atoms with Gasteiger partial charge in [0.1, 0.15) is 17.1 Å². The maximum atomic E-state index is 13.7. The zero-order valence-electron chi connectivity index (χ0n) is 18.5. The molecule has 5 nitrogen and oxygen atoms in total. The van der Waals surface area contributed by atoms with Crippen molar-refractivity contribution < 1.29 is 14.3 Å². The molecule has 3 rings (SSSR count). The molecule has 1 atom stereocenters. The molecule has 0 aliphatic rings. The highest BCUT2D eigenvalue weighted by Gasteiger charge is 2.27. The Morgan fingerprint density at radius 1 is 1.06 bits per heavy atom. The van der Waals surface area contributed by atoms with Crippen molar-refractivity contribution in [3.63, 3.8) is 0 Å². The van der Waals surface area contributed by atoms with Crippen LogP contribution in [-0.2, 0) is 13.1 Å². The van der Waals surface area contributed by atoms with E-state index >= 15 is 0 Å². The topological polar surface area (TPSA) is 43.7 Å². The molecule has 0 N–H and O–H groups in total. The molecule has 6 heteroatoms. The Kier molecular flexibility index (Phi) is 7.64. The Hall–Kier alpha value is -2.92. The molecule has 1 unspecified atom stereocenters. The Morgan fingerprint density at radius 2 is 1.74 bits per heavy atom. The quantitative estimate of drug-likeness (QED) is 0.432. The number of rotatable bonds is 9. The predicted octanol–water partition coefficient (Wildman–Crippen LogP) is 5.65. The van der Waals surface area contributed by atoms with E-state index in [1.54, 1.807) is 26.4 Å². The van der Waals surface area contributed by atoms with Gasteiger partial charge < -0.3 is 18.9 Å². The van der Waals surface area contributed by atoms with Crippen LogP contribution in [0.4, 0.5) is 0 Å². The Bertz CT molecular complexity index is 1010. The third kappa shape index (κ3) is 5.23. The number of amides is 1. The number of methoxy groups -OCH3 is 2. The molecule has 164 valence electrons. The van der Waals surface area contributed by atoms with E-state index in [1.807, 2.05) is 53.6 Å². The van der Waals surface area contributed by atoms with Gasteiger partial charge in [-0.1, -0.05) is 36.7 Å². The molecule has 1 amide bonds. The summed E-state index contributed by atoms with van der Waals surface area (Å²) in [5, 5.41) is 0.714. The Balaban J connectivity index is 1.93. The lowest BCUT2D eigenvalue weighted by Gasteiger charge is -2.30. The predicted molar refractivity (Wildman–Crippen MR) is 124 cm³/mol. The van der Waals surface area contributed by atoms with Crippen LogP contribution in [0.1, 0.15) is 41.9 Å². The van der Waals surface area contributed by atoms with Crippen LogP contribution in [0.25, 0.3) is 0 Å². The molecule has 0 spiro atoms. The van der Waals surface area contributed by atoms with Crippen LogP contribution in [-0.4, -0.2) is 35.6 Å². The van der Waals surface area contributed by atoms with Gasteiger partial charge in [0.25, 0.3) is 5.91 Å². The van der Waals surface area contributed by atoms with Gasteiger partial charge in [-0.3, -0.25) is 4.79 Å². The number of nitrogens with zero attached hydrogens (tertiary/aromatic N) is 2. The van der Waals surface area contributed by atoms with Crippen LogP contribution >= 0.6 is 11.6 Å². The summed E-state index contributed by atoms with van der Waals surface area (Å²) in [5.74, 6) is 0.901. The van der Waals surface area contributed by atoms with Crippen molar-refractivity contribution in [3.8, 4) is 11.5 Å². The number of halogens is 1. The molecule has 0 fully saturated rings. The Labute approximate surface area is 189 Å². The van der Waals surface area contributed by atoms with Gasteiger partial charge in [0.2, 0.25) is 0 Å². The average Bonchev–Trinajstić information content (AvgIpc) is 3.22. The molecule has 1 aromatic heterocycles. The van der Waals surface area contributed by atoms with Crippen LogP contribution in [0.15, 0.2) is 60.8 Å². The van der Waals surface area contributed by atoms with E-state index < -0.39 is 0 Å². The molecule has 0 saturated heterocycles. The van der Waals surface area contributed by atoms with Gasteiger partial charge in [0.05, 0.1) is 20.8 Å². The smallest absolute Gasteiger partial charge is 0.262 e. The minimum Gasteiger partial charge on any atom is -0.496 e. The fraction of sp³-hybridized carbons (Fsp3) is 0.320. The SMILES string of the molecule is CCC(C)N(Cc1cccn1Cc1cccc(Cl)c1)C(=O)c1c(OC)cccc1OC. The summed E-state index contributed by atoms with van der Waals surface area (Å²) in [4.78, 5) is 15.6. The van der Waals surface area contributed by atoms with E-state index in [9.17, 15) is 4.79 Å². The molecule has 0 saturated carbocycles. The first kappa shape index (κ1) is 22.8. The summed E-state index contributed by atoms with van der Waals surface area (Å²) in [6, 6.07) is 17.3. The summed E-state index contributed by atoms with van der Waals surface area (Å²) in [5.41, 5.74) is 2.60. The van der Waals surface area contributed by atoms with Crippen molar-refractivity contribution in [2.24, 2.45) is 0 Å². The molecule has 0 bridgehead atoms. The van der Waals surface area contributed by atoms with E-state index in [0.717, 1.165) is 17.7 Å². The monoisotopic (exact) mass is 440 g/mol. The minimum atomic E-state index is -0.112. The summed E-state index contributed by atoms with van der Waals surface area (Å²) in [6.45, 7) is 5.30. The second-order valence-corrected chi connectivity index (χ2v) is 7.92. The van der Waals surface area contributed by atoms with Crippen molar-refractivity contribution in [2.45, 2.75) is 39.4 Å². The molecule has 31 heavy (non-hydrogen) atoms. The van der Waals surface area contributed by atoms with Crippen LogP contribution in [0.3, 0.4) is 0 Å². The summed E-state index contributed by atoms with van der Waals surface area (Å²) >= 11 is 6.15. The number of aromatic nitrogens is 1. The highest BCUT2D eigenvalue weighted by molar-refractivity contribution is 6.30. The summed E-state index contributed by atoms with van der Waals surface area (Å²) < 4.78 is 13.1. The highest BCUT2D eigenvalue weighted by atomic mass is 35.5. The van der Waals surface area contributed by atoms with Gasteiger partial charge in [0, 0.05) is 29.5 Å². The fourth-order valence-electron chi connectivity index (χ4n) is 3.61. The van der Waals surface area contributed by atoms with Gasteiger partial charge in [-0.2, -0.15) is 0 Å². The first-order valence-electron chi connectivity index (χ1n) is 10.4. The maximum absolute atomic E-state index is 13.7. The molecule has 0 aliphatic heterocycles. The molecule has 1 heterocycles. The van der Waals surface area contributed by atoms with Gasteiger partial charge >= 0.3 is 0 Å². The Morgan fingerprint density at radius 3 is 2.35 bits per heavy atom. The number of carbonyl (C=O) groups is 1. The van der Waals surface area contributed by atoms with E-state index in [0.29, 0.717) is 35.2 Å². The molecule has 3 aromatic rings. The third-order valence-electron chi connectivity index (χ3n) is 5.52. The number of hydrogen-bond donors (Lipinski definition) is 0. The summed E-state index contributed by atoms with van der Waals surface area (Å²) in [7, 11) is 3.13. The van der Waals surface area contributed by atoms with Crippen LogP contribution < -0.4 is 9.47 Å². The first-order chi connectivity index (χ1) is 15.0. The van der Waals surface area contributed by atoms with E-state index in [-0.39, 0.29) is 11.9 Å². The number of benzene rings is 2. The van der Waals surface area contributed by atoms with Gasteiger partial charge in [0.15, 0.2) is 0 Å². The zero-order chi connectivity index (χ0) is 22.4. The van der Waals surface area contributed by atoms with Crippen molar-refractivity contribution in [2.75, 3.05) is 14.2 Å². The lowest BCUT2D eigenvalue weighted by Crippen LogP contribution is -2.38. The lowest BCUT2D eigenvalue weighted by atomic mass is 10.1. The minimum absolute atomic E-state index is 0.0386. The zero-order valence-corrected chi connectivity index (χ0v) is 19.2. The lowest BCUT2D eigenvalue weighted by molar-refractivity contribution is 0.0660. The molecule has 0 radical (unpaired) electrons. The van der Waals surface area contributed by atoms with Crippen LogP contribution in [0.2, 0.25) is 5.02 Å². The standard InChI is InChI=1S/C25H29ClN2O3/c1-5-18(2)28(25(29)24-22(30-3)12-7-13-23(24)31-4)17-21-11-8-14-27(21)16-19-9-6-10-20(26)15-19/h6-15,18H,5,16-17H2,1-4H3. The third-order valence-corrected chi connectivity index (χ3v) is 5.76. The molecular formula is C25H29ClN2O3. The normalized spacial score (nSPS) is 11.8. The highest BCUT2D eigenvalue weighted by Crippen LogP contribution is 2.31. The fourth-order valence-corrected chi connectivity index (χ4v) is 3.82. The average molecular weight is 441 g/mol. The molecular weight excluding hydrogens is 412 g/mol. The first-order valence-corrected chi connectivity index (χ1v) is 10.8. The summed E-state index contributed by atoms with van der Waals surface area (Å²) in [6.07, 6.45) is 2.86. The van der Waals surface area contributed by atoms with E-state index in [1.165, 1.54) is 0 Å². The maximum Gasteiger partial charge on any atom is 0.262 e. The van der Waals surface area contributed by atoms with Gasteiger partial charge in [-0.05, 0) is 55.3 Å². The molecule has 0 aliphatic carbocycles. The van der Waals surface area contributed by atoms with Crippen molar-refractivity contribution in [3.05, 3.63) is 82.6 Å². The molecule has 2 aromatic carbocycles. The van der Waals surface area contributed by atoms with E-state index in [2.05, 4.69) is 18.4 Å². The van der Waals surface area contributed by atoms with Crippen molar-refractivity contribution >= 4 is 17.5 Å². The van der Waals surface area contributed by atoms with Gasteiger partial charge in [-0.15, -0.1) is 0 Å². The number of ether oxygens (including phenoxy) is 2. The van der Waals surface area contributed by atoms with Crippen molar-refractivity contribution in [1.82, 2.24) is 9.47 Å². The number of carbonyl (C=O) groups excluding carboxylic acids is 1. The van der Waals surface area contributed by atoms with Gasteiger partial charge in [-0.25, -0.2) is 0 Å². The van der Waals surface area contributed by atoms with Crippen LogP contribution in [0.5, 0.6) is 11.5 Å². The van der Waals surface area contributed by atoms with Crippen LogP contribution in [0, 0.1) is 0 Å². The second kappa shape index (κ2) is 10.4. The second-order valence-electron chi connectivity index (χ2n) is 7.49. The number of hydrogen-bond acceptors (Lipinski definition) is 3.